The fourth-order valence-corrected chi connectivity index (χ4v) is 6.35. The number of fused-ring (bicyclic) bond motifs is 2. The molecule has 4 aromatic rings. The quantitative estimate of drug-likeness (QED) is 0.334. The molecule has 1 aliphatic rings. The van der Waals surface area contributed by atoms with E-state index in [1.165, 1.54) is 18.4 Å². The Morgan fingerprint density at radius 1 is 1.18 bits per heavy atom. The van der Waals surface area contributed by atoms with Gasteiger partial charge in [0.05, 0.1) is 42.7 Å². The SMILES string of the molecule is CCOC(=O)C1=C(C)N=c2s/c(=C/c3c(C)[nH]c4ccccc34)c(=O)n2[C@H]1c1cc(OC)c(OC)cc1Br. The van der Waals surface area contributed by atoms with Gasteiger partial charge in [-0.1, -0.05) is 45.5 Å². The highest BCUT2D eigenvalue weighted by atomic mass is 79.9. The molecule has 0 bridgehead atoms. The first-order chi connectivity index (χ1) is 18.3. The van der Waals surface area contributed by atoms with Crippen LogP contribution in [-0.2, 0) is 9.53 Å². The van der Waals surface area contributed by atoms with Crippen LogP contribution in [0.3, 0.4) is 0 Å². The normalized spacial score (nSPS) is 15.4. The molecule has 38 heavy (non-hydrogen) atoms. The molecule has 0 saturated carbocycles. The van der Waals surface area contributed by atoms with Crippen LogP contribution in [0.15, 0.2) is 61.9 Å². The number of aromatic nitrogens is 2. The highest BCUT2D eigenvalue weighted by Gasteiger charge is 2.35. The first-order valence-corrected chi connectivity index (χ1v) is 13.6. The Hall–Kier alpha value is -3.63. The van der Waals surface area contributed by atoms with E-state index in [0.29, 0.717) is 42.1 Å². The van der Waals surface area contributed by atoms with Gasteiger partial charge >= 0.3 is 5.97 Å². The van der Waals surface area contributed by atoms with Gasteiger partial charge in [0.25, 0.3) is 5.56 Å². The number of methoxy groups -OCH3 is 2. The number of H-pyrrole nitrogens is 1. The average molecular weight is 597 g/mol. The number of thiazole rings is 1. The predicted octanol–water partition coefficient (Wildman–Crippen LogP) is 4.37. The molecular weight excluding hydrogens is 570 g/mol. The molecule has 2 aromatic carbocycles. The van der Waals surface area contributed by atoms with E-state index in [2.05, 4.69) is 25.9 Å². The van der Waals surface area contributed by atoms with E-state index in [0.717, 1.165) is 22.2 Å². The van der Waals surface area contributed by atoms with Crippen molar-refractivity contribution in [3.63, 3.8) is 0 Å². The zero-order valence-electron chi connectivity index (χ0n) is 21.5. The van der Waals surface area contributed by atoms with Crippen molar-refractivity contribution in [3.8, 4) is 11.5 Å². The Morgan fingerprint density at radius 3 is 2.61 bits per heavy atom. The summed E-state index contributed by atoms with van der Waals surface area (Å²) in [6.07, 6.45) is 1.89. The third kappa shape index (κ3) is 4.27. The average Bonchev–Trinajstić information content (AvgIpc) is 3.38. The first kappa shape index (κ1) is 26.0. The molecule has 0 fully saturated rings. The summed E-state index contributed by atoms with van der Waals surface area (Å²) in [5.41, 5.74) is 4.08. The maximum atomic E-state index is 14.0. The molecule has 0 aliphatic carbocycles. The van der Waals surface area contributed by atoms with Gasteiger partial charge in [0, 0.05) is 26.6 Å². The fraction of sp³-hybridized carbons (Fsp3) is 0.250. The second-order valence-corrected chi connectivity index (χ2v) is 10.6. The summed E-state index contributed by atoms with van der Waals surface area (Å²) < 4.78 is 19.1. The Balaban J connectivity index is 1.80. The van der Waals surface area contributed by atoms with Crippen LogP contribution in [0.4, 0.5) is 0 Å². The van der Waals surface area contributed by atoms with Crippen molar-refractivity contribution in [3.05, 3.63) is 88.6 Å². The molecule has 10 heteroatoms. The number of halogens is 1. The molecule has 0 saturated heterocycles. The van der Waals surface area contributed by atoms with Crippen LogP contribution in [-0.4, -0.2) is 36.3 Å². The number of ether oxygens (including phenoxy) is 3. The third-order valence-corrected chi connectivity index (χ3v) is 8.20. The summed E-state index contributed by atoms with van der Waals surface area (Å²) in [5.74, 6) is 0.464. The number of allylic oxidation sites excluding steroid dienone is 1. The molecule has 5 rings (SSSR count). The predicted molar refractivity (Wildman–Crippen MR) is 151 cm³/mol. The summed E-state index contributed by atoms with van der Waals surface area (Å²) in [5, 5.41) is 1.03. The largest absolute Gasteiger partial charge is 0.493 e. The highest BCUT2D eigenvalue weighted by Crippen LogP contribution is 2.40. The van der Waals surface area contributed by atoms with Crippen LogP contribution in [0.25, 0.3) is 17.0 Å². The summed E-state index contributed by atoms with van der Waals surface area (Å²) >= 11 is 4.91. The second-order valence-electron chi connectivity index (χ2n) is 8.74. The van der Waals surface area contributed by atoms with Crippen LogP contribution < -0.4 is 24.4 Å². The van der Waals surface area contributed by atoms with Gasteiger partial charge in [-0.15, -0.1) is 0 Å². The highest BCUT2D eigenvalue weighted by molar-refractivity contribution is 9.10. The van der Waals surface area contributed by atoms with Gasteiger partial charge in [0.2, 0.25) is 0 Å². The summed E-state index contributed by atoms with van der Waals surface area (Å²) in [4.78, 5) is 35.8. The van der Waals surface area contributed by atoms with Crippen LogP contribution in [0.5, 0.6) is 11.5 Å². The maximum absolute atomic E-state index is 14.0. The second kappa shape index (κ2) is 10.3. The lowest BCUT2D eigenvalue weighted by atomic mass is 9.95. The van der Waals surface area contributed by atoms with Crippen molar-refractivity contribution in [1.82, 2.24) is 9.55 Å². The van der Waals surface area contributed by atoms with Crippen molar-refractivity contribution in [2.24, 2.45) is 4.99 Å². The van der Waals surface area contributed by atoms with Crippen molar-refractivity contribution < 1.29 is 19.0 Å². The Morgan fingerprint density at radius 2 is 1.89 bits per heavy atom. The van der Waals surface area contributed by atoms with Gasteiger partial charge in [-0.25, -0.2) is 9.79 Å². The smallest absolute Gasteiger partial charge is 0.338 e. The molecule has 1 aliphatic heterocycles. The van der Waals surface area contributed by atoms with Crippen molar-refractivity contribution >= 4 is 50.2 Å². The number of carbonyl (C=O) groups excluding carboxylic acids is 1. The maximum Gasteiger partial charge on any atom is 0.338 e. The van der Waals surface area contributed by atoms with Crippen LogP contribution in [0.1, 0.15) is 36.7 Å². The van der Waals surface area contributed by atoms with Crippen molar-refractivity contribution in [2.45, 2.75) is 26.8 Å². The number of hydrogen-bond acceptors (Lipinski definition) is 7. The zero-order chi connectivity index (χ0) is 27.1. The lowest BCUT2D eigenvalue weighted by Gasteiger charge is -2.26. The third-order valence-electron chi connectivity index (χ3n) is 6.53. The molecule has 0 amide bonds. The molecule has 8 nitrogen and oxygen atoms in total. The molecule has 2 aromatic heterocycles. The lowest BCUT2D eigenvalue weighted by Crippen LogP contribution is -2.40. The number of esters is 1. The number of aromatic amines is 1. The summed E-state index contributed by atoms with van der Waals surface area (Å²) in [7, 11) is 3.09. The number of aryl methyl sites for hydroxylation is 1. The summed E-state index contributed by atoms with van der Waals surface area (Å²) in [6.45, 7) is 5.68. The molecule has 196 valence electrons. The van der Waals surface area contributed by atoms with E-state index in [9.17, 15) is 9.59 Å². The number of rotatable bonds is 6. The van der Waals surface area contributed by atoms with Crippen LogP contribution in [0.2, 0.25) is 0 Å². The van der Waals surface area contributed by atoms with Gasteiger partial charge in [-0.05, 0) is 50.6 Å². The molecule has 0 radical (unpaired) electrons. The van der Waals surface area contributed by atoms with E-state index in [1.807, 2.05) is 37.3 Å². The number of carbonyl (C=O) groups is 1. The van der Waals surface area contributed by atoms with E-state index in [-0.39, 0.29) is 12.2 Å². The molecule has 0 unspecified atom stereocenters. The van der Waals surface area contributed by atoms with E-state index in [1.54, 1.807) is 37.7 Å². The minimum Gasteiger partial charge on any atom is -0.493 e. The number of benzene rings is 2. The van der Waals surface area contributed by atoms with E-state index < -0.39 is 12.0 Å². The van der Waals surface area contributed by atoms with E-state index >= 15 is 0 Å². The molecule has 1 N–H and O–H groups in total. The first-order valence-electron chi connectivity index (χ1n) is 12.0. The minimum atomic E-state index is -0.786. The molecule has 0 spiro atoms. The monoisotopic (exact) mass is 595 g/mol. The van der Waals surface area contributed by atoms with Gasteiger partial charge in [0.1, 0.15) is 0 Å². The molecule has 3 heterocycles. The molecule has 1 atom stereocenters. The number of nitrogens with one attached hydrogen (secondary N) is 1. The van der Waals surface area contributed by atoms with E-state index in [4.69, 9.17) is 14.2 Å². The lowest BCUT2D eigenvalue weighted by molar-refractivity contribution is -0.139. The van der Waals surface area contributed by atoms with Gasteiger partial charge in [-0.2, -0.15) is 0 Å². The Kier molecular flexibility index (Phi) is 7.02. The Labute approximate surface area is 231 Å². The standard InChI is InChI=1S/C28H26BrN3O5S/c1-6-37-27(34)24-15(3)31-28-32(25(24)18-11-21(35-4)22(36-5)13-19(18)29)26(33)23(38-28)12-17-14(2)30-20-10-8-7-9-16(17)20/h7-13,25,30H,6H2,1-5H3/b23-12+/t25-/m0/s1. The topological polar surface area (TPSA) is 94.9 Å². The number of hydrogen-bond donors (Lipinski definition) is 1. The van der Waals surface area contributed by atoms with Crippen molar-refractivity contribution in [2.75, 3.05) is 20.8 Å². The van der Waals surface area contributed by atoms with Gasteiger partial charge < -0.3 is 19.2 Å². The zero-order valence-corrected chi connectivity index (χ0v) is 24.0. The van der Waals surface area contributed by atoms with Gasteiger partial charge in [-0.3, -0.25) is 9.36 Å². The number of para-hydroxylation sites is 1. The summed E-state index contributed by atoms with van der Waals surface area (Å²) in [6, 6.07) is 10.7. The number of nitrogens with zero attached hydrogens (tertiary/aromatic N) is 2. The fourth-order valence-electron chi connectivity index (χ4n) is 4.78. The van der Waals surface area contributed by atoms with Crippen molar-refractivity contribution in [1.29, 1.82) is 0 Å². The Bertz CT molecular complexity index is 1800. The molecular formula is C28H26BrN3O5S. The van der Waals surface area contributed by atoms with Crippen LogP contribution >= 0.6 is 27.3 Å². The van der Waals surface area contributed by atoms with Gasteiger partial charge in [0.15, 0.2) is 16.3 Å². The minimum absolute atomic E-state index is 0.194. The van der Waals surface area contributed by atoms with Crippen LogP contribution in [0, 0.1) is 6.92 Å².